The monoisotopic (exact) mass is 454 g/mol. The number of thioether (sulfide) groups is 1. The normalized spacial score (nSPS) is 13.4. The van der Waals surface area contributed by atoms with Crippen molar-refractivity contribution in [3.05, 3.63) is 58.9 Å². The van der Waals surface area contributed by atoms with Gasteiger partial charge in [0, 0.05) is 36.0 Å². The summed E-state index contributed by atoms with van der Waals surface area (Å²) in [4.78, 5) is 27.0. The summed E-state index contributed by atoms with van der Waals surface area (Å²) in [7, 11) is 0. The van der Waals surface area contributed by atoms with E-state index in [2.05, 4.69) is 26.9 Å². The van der Waals surface area contributed by atoms with Crippen LogP contribution in [0.15, 0.2) is 40.7 Å². The predicted octanol–water partition coefficient (Wildman–Crippen LogP) is 4.89. The molecule has 2 aromatic heterocycles. The SMILES string of the molecule is CCC(=O)N(c1nnc(SCC(=O)c2cc(C)n(Cc3ccccc3)c2C)s1)C1CC1. The number of aromatic nitrogens is 3. The quantitative estimate of drug-likeness (QED) is 0.262. The van der Waals surface area contributed by atoms with Gasteiger partial charge in [-0.05, 0) is 38.3 Å². The van der Waals surface area contributed by atoms with Crippen LogP contribution >= 0.6 is 23.1 Å². The van der Waals surface area contributed by atoms with Crippen LogP contribution in [0, 0.1) is 13.8 Å². The van der Waals surface area contributed by atoms with Crippen LogP contribution in [-0.4, -0.2) is 38.2 Å². The zero-order chi connectivity index (χ0) is 22.0. The van der Waals surface area contributed by atoms with Crippen LogP contribution in [0.3, 0.4) is 0 Å². The smallest absolute Gasteiger partial charge is 0.228 e. The number of nitrogens with zero attached hydrogens (tertiary/aromatic N) is 4. The van der Waals surface area contributed by atoms with Gasteiger partial charge < -0.3 is 4.57 Å². The lowest BCUT2D eigenvalue weighted by Crippen LogP contribution is -2.32. The number of Topliss-reactive ketones (excluding diaryl/α,β-unsaturated/α-hetero) is 1. The van der Waals surface area contributed by atoms with Crippen molar-refractivity contribution in [3.8, 4) is 0 Å². The van der Waals surface area contributed by atoms with Gasteiger partial charge in [-0.3, -0.25) is 14.5 Å². The number of rotatable bonds is 9. The molecule has 1 aliphatic rings. The van der Waals surface area contributed by atoms with Crippen LogP contribution in [0.2, 0.25) is 0 Å². The minimum atomic E-state index is 0.0807. The first-order valence-corrected chi connectivity index (χ1v) is 12.3. The van der Waals surface area contributed by atoms with Crippen molar-refractivity contribution in [3.63, 3.8) is 0 Å². The Labute approximate surface area is 190 Å². The number of hydrogen-bond donors (Lipinski definition) is 0. The molecule has 1 aliphatic carbocycles. The van der Waals surface area contributed by atoms with Crippen molar-refractivity contribution >= 4 is 39.9 Å². The van der Waals surface area contributed by atoms with E-state index in [9.17, 15) is 9.59 Å². The van der Waals surface area contributed by atoms with Crippen molar-refractivity contribution in [2.75, 3.05) is 10.7 Å². The molecule has 0 N–H and O–H groups in total. The maximum Gasteiger partial charge on any atom is 0.228 e. The molecule has 8 heteroatoms. The molecule has 1 aromatic carbocycles. The van der Waals surface area contributed by atoms with E-state index in [-0.39, 0.29) is 17.7 Å². The number of carbonyl (C=O) groups is 2. The topological polar surface area (TPSA) is 68.1 Å². The van der Waals surface area contributed by atoms with E-state index in [0.29, 0.717) is 17.3 Å². The Morgan fingerprint density at radius 1 is 1.19 bits per heavy atom. The van der Waals surface area contributed by atoms with E-state index in [1.54, 1.807) is 4.90 Å². The first-order chi connectivity index (χ1) is 15.0. The number of anilines is 1. The number of carbonyl (C=O) groups excluding carboxylic acids is 2. The first kappa shape index (κ1) is 21.8. The van der Waals surface area contributed by atoms with Crippen molar-refractivity contribution in [2.45, 2.75) is 57.0 Å². The van der Waals surface area contributed by atoms with E-state index in [1.807, 2.05) is 45.0 Å². The van der Waals surface area contributed by atoms with E-state index < -0.39 is 0 Å². The zero-order valence-corrected chi connectivity index (χ0v) is 19.6. The van der Waals surface area contributed by atoms with Gasteiger partial charge >= 0.3 is 0 Å². The van der Waals surface area contributed by atoms with E-state index >= 15 is 0 Å². The largest absolute Gasteiger partial charge is 0.344 e. The third kappa shape index (κ3) is 4.91. The van der Waals surface area contributed by atoms with Gasteiger partial charge in [0.05, 0.1) is 5.75 Å². The molecule has 0 saturated heterocycles. The lowest BCUT2D eigenvalue weighted by atomic mass is 10.2. The molecule has 1 saturated carbocycles. The first-order valence-electron chi connectivity index (χ1n) is 10.5. The van der Waals surface area contributed by atoms with Crippen LogP contribution in [0.1, 0.15) is 53.5 Å². The average Bonchev–Trinajstić information content (AvgIpc) is 3.43. The second-order valence-corrected chi connectivity index (χ2v) is 9.95. The zero-order valence-electron chi connectivity index (χ0n) is 18.0. The second-order valence-electron chi connectivity index (χ2n) is 7.77. The lowest BCUT2D eigenvalue weighted by molar-refractivity contribution is -0.118. The molecule has 3 aromatic rings. The fourth-order valence-corrected chi connectivity index (χ4v) is 5.44. The highest BCUT2D eigenvalue weighted by Gasteiger charge is 2.35. The Morgan fingerprint density at radius 3 is 2.61 bits per heavy atom. The number of benzene rings is 1. The van der Waals surface area contributed by atoms with Gasteiger partial charge in [0.25, 0.3) is 0 Å². The third-order valence-corrected chi connectivity index (χ3v) is 7.53. The molecule has 0 unspecified atom stereocenters. The highest BCUT2D eigenvalue weighted by Crippen LogP contribution is 2.36. The number of hydrogen-bond acceptors (Lipinski definition) is 6. The molecule has 0 aliphatic heterocycles. The molecule has 4 rings (SSSR count). The molecule has 1 fully saturated rings. The number of aryl methyl sites for hydroxylation is 1. The van der Waals surface area contributed by atoms with Crippen molar-refractivity contribution < 1.29 is 9.59 Å². The van der Waals surface area contributed by atoms with Gasteiger partial charge in [-0.25, -0.2) is 0 Å². The maximum absolute atomic E-state index is 12.9. The molecule has 162 valence electrons. The Hall–Kier alpha value is -2.45. The molecule has 1 amide bonds. The lowest BCUT2D eigenvalue weighted by Gasteiger charge is -2.17. The van der Waals surface area contributed by atoms with Gasteiger partial charge in [0.15, 0.2) is 10.1 Å². The van der Waals surface area contributed by atoms with Gasteiger partial charge in [-0.15, -0.1) is 10.2 Å². The predicted molar refractivity (Wildman–Crippen MR) is 125 cm³/mol. The molecule has 0 spiro atoms. The summed E-state index contributed by atoms with van der Waals surface area (Å²) in [6, 6.07) is 12.5. The van der Waals surface area contributed by atoms with Crippen LogP contribution in [0.5, 0.6) is 0 Å². The van der Waals surface area contributed by atoms with Gasteiger partial charge in [-0.2, -0.15) is 0 Å². The summed E-state index contributed by atoms with van der Waals surface area (Å²) >= 11 is 2.78. The highest BCUT2D eigenvalue weighted by atomic mass is 32.2. The molecule has 2 heterocycles. The second kappa shape index (κ2) is 9.36. The minimum absolute atomic E-state index is 0.0807. The van der Waals surface area contributed by atoms with Crippen LogP contribution in [0.25, 0.3) is 0 Å². The van der Waals surface area contributed by atoms with Crippen LogP contribution < -0.4 is 4.90 Å². The fourth-order valence-electron chi connectivity index (χ4n) is 3.63. The summed E-state index contributed by atoms with van der Waals surface area (Å²) in [5.41, 5.74) is 4.02. The molecular weight excluding hydrogens is 428 g/mol. The summed E-state index contributed by atoms with van der Waals surface area (Å²) in [5.74, 6) is 0.463. The van der Waals surface area contributed by atoms with Crippen molar-refractivity contribution in [2.24, 2.45) is 0 Å². The summed E-state index contributed by atoms with van der Waals surface area (Å²) < 4.78 is 2.90. The Morgan fingerprint density at radius 2 is 1.94 bits per heavy atom. The Kier molecular flexibility index (Phi) is 6.57. The highest BCUT2D eigenvalue weighted by molar-refractivity contribution is 8.01. The van der Waals surface area contributed by atoms with E-state index in [4.69, 9.17) is 0 Å². The van der Waals surface area contributed by atoms with Crippen molar-refractivity contribution in [1.29, 1.82) is 0 Å². The molecule has 0 radical (unpaired) electrons. The summed E-state index contributed by atoms with van der Waals surface area (Å²) in [5, 5.41) is 9.07. The number of amides is 1. The maximum atomic E-state index is 12.9. The van der Waals surface area contributed by atoms with E-state index in [1.165, 1.54) is 28.7 Å². The Bertz CT molecular complexity index is 1090. The fraction of sp³-hybridized carbons (Fsp3) is 0.391. The molecule has 6 nitrogen and oxygen atoms in total. The molecule has 31 heavy (non-hydrogen) atoms. The third-order valence-electron chi connectivity index (χ3n) is 5.47. The van der Waals surface area contributed by atoms with Gasteiger partial charge in [0.2, 0.25) is 11.0 Å². The van der Waals surface area contributed by atoms with Gasteiger partial charge in [0.1, 0.15) is 0 Å². The minimum Gasteiger partial charge on any atom is -0.344 e. The van der Waals surface area contributed by atoms with Gasteiger partial charge in [-0.1, -0.05) is 60.4 Å². The molecular formula is C23H26N4O2S2. The Balaban J connectivity index is 1.42. The molecule has 0 bridgehead atoms. The van der Waals surface area contributed by atoms with Crippen LogP contribution in [0.4, 0.5) is 5.13 Å². The standard InChI is InChI=1S/C23H26N4O2S2/c1-4-21(29)27(18-10-11-18)22-24-25-23(31-22)30-14-20(28)19-12-15(2)26(16(19)3)13-17-8-6-5-7-9-17/h5-9,12,18H,4,10-11,13-14H2,1-3H3. The number of ketones is 1. The van der Waals surface area contributed by atoms with Crippen LogP contribution in [-0.2, 0) is 11.3 Å². The molecule has 0 atom stereocenters. The summed E-state index contributed by atoms with van der Waals surface area (Å²) in [6.07, 6.45) is 2.49. The average molecular weight is 455 g/mol. The summed E-state index contributed by atoms with van der Waals surface area (Å²) in [6.45, 7) is 6.65. The van der Waals surface area contributed by atoms with E-state index in [0.717, 1.165) is 40.7 Å². The van der Waals surface area contributed by atoms with Crippen molar-refractivity contribution in [1.82, 2.24) is 14.8 Å².